The Labute approximate surface area is 336 Å². The van der Waals surface area contributed by atoms with Crippen LogP contribution in [0.2, 0.25) is 36.3 Å². The highest BCUT2D eigenvalue weighted by Gasteiger charge is 2.38. The summed E-state index contributed by atoms with van der Waals surface area (Å²) in [6.45, 7) is 28.3. The van der Waals surface area contributed by atoms with Gasteiger partial charge in [-0.3, -0.25) is 4.79 Å². The molecule has 1 heterocycles. The van der Waals surface area contributed by atoms with Crippen LogP contribution in [-0.4, -0.2) is 64.9 Å². The molecule has 1 aromatic carbocycles. The molecule has 310 valence electrons. The number of benzene rings is 1. The van der Waals surface area contributed by atoms with Gasteiger partial charge in [0.2, 0.25) is 11.9 Å². The molecule has 1 amide bonds. The summed E-state index contributed by atoms with van der Waals surface area (Å²) in [7, 11) is -2.15. The summed E-state index contributed by atoms with van der Waals surface area (Å²) in [4.78, 5) is 23.2. The largest absolute Gasteiger partial charge is 0.496 e. The molecule has 4 N–H and O–H groups in total. The molecule has 2 aromatic rings. The maximum atomic E-state index is 13.6. The van der Waals surface area contributed by atoms with Crippen LogP contribution in [-0.2, 0) is 32.9 Å². The molecule has 12 heteroatoms. The second kappa shape index (κ2) is 22.1. The molecule has 0 aliphatic heterocycles. The molecule has 1 aromatic heterocycles. The molecule has 55 heavy (non-hydrogen) atoms. The number of nitriles is 1. The lowest BCUT2D eigenvalue weighted by Gasteiger charge is -2.36. The standard InChI is InChI=1S/C43H76N6O4Si2/c1-14-16-18-34(25-28-52-54(10,11)42(3,4)5)46-39(50)23-21-37-36(31-33-30-32(24-27-44)20-22-38(33)51-9)40(49-41(45)48-37)47-35(19-17-15-2)26-29-53-55(12,13)43(6,7)8/h20,22,30,34-35H,14-19,21,23-26,28-29,31H2,1-13H3,(H,46,50)(H3,45,47,48,49)/t34-,35-/m0/s1. The highest BCUT2D eigenvalue weighted by atomic mass is 28.4. The van der Waals surface area contributed by atoms with E-state index in [1.165, 1.54) is 0 Å². The first-order valence-electron chi connectivity index (χ1n) is 20.7. The number of hydrogen-bond donors (Lipinski definition) is 3. The van der Waals surface area contributed by atoms with E-state index in [9.17, 15) is 10.1 Å². The zero-order chi connectivity index (χ0) is 41.5. The number of rotatable bonds is 24. The fourth-order valence-electron chi connectivity index (χ4n) is 5.97. The molecule has 0 unspecified atom stereocenters. The Morgan fingerprint density at radius 3 is 1.98 bits per heavy atom. The Morgan fingerprint density at radius 2 is 1.45 bits per heavy atom. The maximum Gasteiger partial charge on any atom is 0.222 e. The monoisotopic (exact) mass is 797 g/mol. The SMILES string of the molecule is CCCC[C@@H](CCO[Si](C)(C)C(C)(C)C)NC(=O)CCc1nc(N)nc(N[C@@H](CCCC)CCO[Si](C)(C)C(C)(C)C)c1Cc1cc(CC#N)ccc1OC. The minimum Gasteiger partial charge on any atom is -0.496 e. The van der Waals surface area contributed by atoms with Crippen molar-refractivity contribution in [2.24, 2.45) is 0 Å². The van der Waals surface area contributed by atoms with E-state index in [0.29, 0.717) is 38.3 Å². The van der Waals surface area contributed by atoms with E-state index in [4.69, 9.17) is 29.3 Å². The number of methoxy groups -OCH3 is 1. The summed E-state index contributed by atoms with van der Waals surface area (Å²) in [6, 6.07) is 8.26. The fourth-order valence-corrected chi connectivity index (χ4v) is 8.09. The van der Waals surface area contributed by atoms with E-state index in [1.54, 1.807) is 7.11 Å². The molecule has 0 aliphatic rings. The van der Waals surface area contributed by atoms with Crippen LogP contribution in [0.1, 0.15) is 136 Å². The number of carbonyl (C=O) groups excluding carboxylic acids is 1. The molecule has 0 radical (unpaired) electrons. The third kappa shape index (κ3) is 15.8. The summed E-state index contributed by atoms with van der Waals surface area (Å²) in [5, 5.41) is 16.8. The number of nitrogens with zero attached hydrogens (tertiary/aromatic N) is 3. The van der Waals surface area contributed by atoms with Crippen molar-refractivity contribution in [3.63, 3.8) is 0 Å². The van der Waals surface area contributed by atoms with Crippen LogP contribution in [0.5, 0.6) is 5.75 Å². The van der Waals surface area contributed by atoms with E-state index < -0.39 is 16.6 Å². The van der Waals surface area contributed by atoms with E-state index in [1.807, 2.05) is 18.2 Å². The molecule has 0 spiro atoms. The molecule has 0 fully saturated rings. The highest BCUT2D eigenvalue weighted by Crippen LogP contribution is 2.38. The van der Waals surface area contributed by atoms with Crippen LogP contribution in [0.4, 0.5) is 11.8 Å². The highest BCUT2D eigenvalue weighted by molar-refractivity contribution is 6.74. The number of aromatic nitrogens is 2. The van der Waals surface area contributed by atoms with Gasteiger partial charge in [-0.05, 0) is 85.6 Å². The van der Waals surface area contributed by atoms with Gasteiger partial charge < -0.3 is 30.0 Å². The second-order valence-corrected chi connectivity index (χ2v) is 27.8. The molecule has 2 rings (SSSR count). The molecule has 10 nitrogen and oxygen atoms in total. The van der Waals surface area contributed by atoms with Crippen molar-refractivity contribution < 1.29 is 18.4 Å². The Morgan fingerprint density at radius 1 is 0.891 bits per heavy atom. The normalized spacial score (nSPS) is 13.6. The number of anilines is 2. The van der Waals surface area contributed by atoms with E-state index in [0.717, 1.165) is 79.5 Å². The summed E-state index contributed by atoms with van der Waals surface area (Å²) in [6.07, 6.45) is 9.13. The molecule has 0 bridgehead atoms. The van der Waals surface area contributed by atoms with Crippen LogP contribution >= 0.6 is 0 Å². The zero-order valence-electron chi connectivity index (χ0n) is 36.8. The number of nitrogen functional groups attached to an aromatic ring is 1. The number of hydrogen-bond acceptors (Lipinski definition) is 9. The van der Waals surface area contributed by atoms with Crippen molar-refractivity contribution in [2.45, 2.75) is 181 Å². The number of carbonyl (C=O) groups is 1. The van der Waals surface area contributed by atoms with Gasteiger partial charge in [-0.25, -0.2) is 4.98 Å². The number of ether oxygens (including phenoxy) is 1. The van der Waals surface area contributed by atoms with Crippen molar-refractivity contribution >= 4 is 34.3 Å². The van der Waals surface area contributed by atoms with Gasteiger partial charge in [0.05, 0.1) is 25.3 Å². The third-order valence-electron chi connectivity index (χ3n) is 11.7. The minimum absolute atomic E-state index is 0.0109. The van der Waals surface area contributed by atoms with Crippen molar-refractivity contribution in [1.29, 1.82) is 5.26 Å². The first-order valence-corrected chi connectivity index (χ1v) is 26.5. The van der Waals surface area contributed by atoms with Crippen molar-refractivity contribution in [3.8, 4) is 11.8 Å². The van der Waals surface area contributed by atoms with E-state index in [2.05, 4.69) is 98.3 Å². The lowest BCUT2D eigenvalue weighted by Crippen LogP contribution is -2.42. The average molecular weight is 797 g/mol. The number of amides is 1. The lowest BCUT2D eigenvalue weighted by atomic mass is 9.97. The van der Waals surface area contributed by atoms with Crippen LogP contribution in [0.15, 0.2) is 18.2 Å². The lowest BCUT2D eigenvalue weighted by molar-refractivity contribution is -0.121. The van der Waals surface area contributed by atoms with Crippen molar-refractivity contribution in [3.05, 3.63) is 40.6 Å². The van der Waals surface area contributed by atoms with Gasteiger partial charge in [0.25, 0.3) is 0 Å². The van der Waals surface area contributed by atoms with Crippen molar-refractivity contribution in [1.82, 2.24) is 15.3 Å². The summed E-state index contributed by atoms with van der Waals surface area (Å²) >= 11 is 0. The predicted molar refractivity (Wildman–Crippen MR) is 234 cm³/mol. The van der Waals surface area contributed by atoms with Gasteiger partial charge in [-0.2, -0.15) is 10.2 Å². The van der Waals surface area contributed by atoms with Gasteiger partial charge in [-0.1, -0.05) is 93.2 Å². The Bertz CT molecular complexity index is 1530. The van der Waals surface area contributed by atoms with Crippen LogP contribution < -0.4 is 21.1 Å². The summed E-state index contributed by atoms with van der Waals surface area (Å²) in [5.41, 5.74) is 9.87. The molecule has 0 aliphatic carbocycles. The maximum absolute atomic E-state index is 13.6. The molecule has 0 saturated heterocycles. The first-order chi connectivity index (χ1) is 25.7. The topological polar surface area (TPSA) is 144 Å². The quantitative estimate of drug-likeness (QED) is 0.0884. The number of aryl methyl sites for hydroxylation is 1. The average Bonchev–Trinajstić information content (AvgIpc) is 3.08. The minimum atomic E-state index is -1.92. The Hall–Kier alpha value is -2.99. The third-order valence-corrected chi connectivity index (χ3v) is 20.8. The van der Waals surface area contributed by atoms with Gasteiger partial charge in [0.1, 0.15) is 11.6 Å². The smallest absolute Gasteiger partial charge is 0.222 e. The van der Waals surface area contributed by atoms with Gasteiger partial charge in [-0.15, -0.1) is 0 Å². The first kappa shape index (κ1) is 48.2. The molecular weight excluding hydrogens is 721 g/mol. The van der Waals surface area contributed by atoms with E-state index in [-0.39, 0.29) is 40.4 Å². The van der Waals surface area contributed by atoms with Crippen LogP contribution in [0, 0.1) is 11.3 Å². The van der Waals surface area contributed by atoms with Crippen LogP contribution in [0.25, 0.3) is 0 Å². The van der Waals surface area contributed by atoms with Crippen LogP contribution in [0.3, 0.4) is 0 Å². The Kier molecular flexibility index (Phi) is 19.3. The number of unbranched alkanes of at least 4 members (excludes halogenated alkanes) is 2. The Balaban J connectivity index is 2.45. The second-order valence-electron chi connectivity index (χ2n) is 18.2. The zero-order valence-corrected chi connectivity index (χ0v) is 38.8. The summed E-state index contributed by atoms with van der Waals surface area (Å²) < 4.78 is 18.9. The molecular formula is C43H76N6O4Si2. The van der Waals surface area contributed by atoms with Gasteiger partial charge in [0.15, 0.2) is 16.6 Å². The van der Waals surface area contributed by atoms with E-state index >= 15 is 0 Å². The number of nitrogens with two attached hydrogens (primary N) is 1. The van der Waals surface area contributed by atoms with Crippen molar-refractivity contribution in [2.75, 3.05) is 31.4 Å². The molecule has 2 atom stereocenters. The van der Waals surface area contributed by atoms with Gasteiger partial charge >= 0.3 is 0 Å². The van der Waals surface area contributed by atoms with Gasteiger partial charge in [0, 0.05) is 43.7 Å². The predicted octanol–water partition coefficient (Wildman–Crippen LogP) is 10.1. The molecule has 0 saturated carbocycles. The number of nitrogens with one attached hydrogen (secondary N) is 2. The summed E-state index contributed by atoms with van der Waals surface area (Å²) in [5.74, 6) is 1.55. The fraction of sp³-hybridized carbons (Fsp3) is 0.721.